The second kappa shape index (κ2) is 6.69. The molecule has 1 aromatic carbocycles. The Labute approximate surface area is 95.7 Å². The molecule has 0 heterocycles. The van der Waals surface area contributed by atoms with Crippen LogP contribution in [0.3, 0.4) is 0 Å². The molecule has 16 heavy (non-hydrogen) atoms. The van der Waals surface area contributed by atoms with E-state index in [0.29, 0.717) is 13.0 Å². The van der Waals surface area contributed by atoms with Crippen molar-refractivity contribution < 1.29 is 18.7 Å². The molecule has 0 aliphatic rings. The highest BCUT2D eigenvalue weighted by atomic mass is 31.2. The number of ether oxygens (including phenoxy) is 1. The first-order valence-corrected chi connectivity index (χ1v) is 7.04. The Morgan fingerprint density at radius 1 is 1.31 bits per heavy atom. The lowest BCUT2D eigenvalue weighted by atomic mass is 10.3. The van der Waals surface area contributed by atoms with Crippen LogP contribution >= 0.6 is 7.60 Å². The number of hydrogen-bond acceptors (Lipinski definition) is 3. The van der Waals surface area contributed by atoms with E-state index in [-0.39, 0.29) is 12.8 Å². The SMILES string of the molecule is CCOP(=O)(O)CCCOc1ccccc1. The van der Waals surface area contributed by atoms with Gasteiger partial charge in [0, 0.05) is 0 Å². The van der Waals surface area contributed by atoms with Crippen LogP contribution in [0.4, 0.5) is 0 Å². The Bertz CT molecular complexity index is 339. The number of benzene rings is 1. The summed E-state index contributed by atoms with van der Waals surface area (Å²) in [5.41, 5.74) is 0. The molecule has 1 aromatic rings. The van der Waals surface area contributed by atoms with Gasteiger partial charge in [-0.1, -0.05) is 18.2 Å². The summed E-state index contributed by atoms with van der Waals surface area (Å²) < 4.78 is 21.4. The van der Waals surface area contributed by atoms with E-state index < -0.39 is 7.60 Å². The predicted molar refractivity (Wildman–Crippen MR) is 62.9 cm³/mol. The zero-order valence-electron chi connectivity index (χ0n) is 9.33. The molecule has 0 amide bonds. The van der Waals surface area contributed by atoms with Crippen LogP contribution in [-0.4, -0.2) is 24.3 Å². The molecule has 1 unspecified atom stereocenters. The highest BCUT2D eigenvalue weighted by Gasteiger charge is 2.17. The topological polar surface area (TPSA) is 55.8 Å². The minimum atomic E-state index is -3.39. The Hall–Kier alpha value is -0.830. The second-order valence-corrected chi connectivity index (χ2v) is 5.27. The Balaban J connectivity index is 2.20. The van der Waals surface area contributed by atoms with Crippen molar-refractivity contribution in [2.24, 2.45) is 0 Å². The zero-order chi connectivity index (χ0) is 11.9. The van der Waals surface area contributed by atoms with Crippen molar-refractivity contribution in [2.45, 2.75) is 13.3 Å². The van der Waals surface area contributed by atoms with E-state index in [1.807, 2.05) is 30.3 Å². The van der Waals surface area contributed by atoms with Crippen LogP contribution in [0.25, 0.3) is 0 Å². The van der Waals surface area contributed by atoms with Crippen LogP contribution in [-0.2, 0) is 9.09 Å². The Morgan fingerprint density at radius 2 is 2.00 bits per heavy atom. The predicted octanol–water partition coefficient (Wildman–Crippen LogP) is 2.68. The van der Waals surface area contributed by atoms with E-state index in [1.54, 1.807) is 6.92 Å². The van der Waals surface area contributed by atoms with Gasteiger partial charge < -0.3 is 14.2 Å². The van der Waals surface area contributed by atoms with Gasteiger partial charge in [0.1, 0.15) is 5.75 Å². The summed E-state index contributed by atoms with van der Waals surface area (Å²) in [4.78, 5) is 9.29. The lowest BCUT2D eigenvalue weighted by molar-refractivity contribution is 0.265. The summed E-state index contributed by atoms with van der Waals surface area (Å²) in [6, 6.07) is 9.37. The lowest BCUT2D eigenvalue weighted by Crippen LogP contribution is -2.02. The van der Waals surface area contributed by atoms with E-state index in [0.717, 1.165) is 5.75 Å². The summed E-state index contributed by atoms with van der Waals surface area (Å²) in [5, 5.41) is 0. The molecule has 0 bridgehead atoms. The van der Waals surface area contributed by atoms with Crippen molar-refractivity contribution in [1.82, 2.24) is 0 Å². The van der Waals surface area contributed by atoms with Gasteiger partial charge in [0.2, 0.25) is 0 Å². The van der Waals surface area contributed by atoms with Crippen LogP contribution in [0.1, 0.15) is 13.3 Å². The average molecular weight is 244 g/mol. The van der Waals surface area contributed by atoms with Crippen molar-refractivity contribution in [2.75, 3.05) is 19.4 Å². The van der Waals surface area contributed by atoms with E-state index in [1.165, 1.54) is 0 Å². The molecule has 0 saturated heterocycles. The van der Waals surface area contributed by atoms with Crippen molar-refractivity contribution in [1.29, 1.82) is 0 Å². The first-order chi connectivity index (χ1) is 7.64. The molecule has 0 spiro atoms. The van der Waals surface area contributed by atoms with Gasteiger partial charge in [-0.3, -0.25) is 4.57 Å². The molecule has 0 aliphatic heterocycles. The minimum Gasteiger partial charge on any atom is -0.494 e. The molecule has 1 rings (SSSR count). The van der Waals surface area contributed by atoms with Crippen LogP contribution in [0.5, 0.6) is 5.75 Å². The van der Waals surface area contributed by atoms with E-state index in [9.17, 15) is 9.46 Å². The average Bonchev–Trinajstić information content (AvgIpc) is 2.26. The van der Waals surface area contributed by atoms with Gasteiger partial charge in [-0.05, 0) is 25.5 Å². The molecule has 1 atom stereocenters. The summed E-state index contributed by atoms with van der Waals surface area (Å²) in [6.07, 6.45) is 0.635. The quantitative estimate of drug-likeness (QED) is 0.591. The van der Waals surface area contributed by atoms with Gasteiger partial charge in [-0.2, -0.15) is 0 Å². The van der Waals surface area contributed by atoms with Crippen LogP contribution in [0.15, 0.2) is 30.3 Å². The van der Waals surface area contributed by atoms with Gasteiger partial charge >= 0.3 is 7.60 Å². The molecule has 90 valence electrons. The van der Waals surface area contributed by atoms with Crippen LogP contribution in [0.2, 0.25) is 0 Å². The Kier molecular flexibility index (Phi) is 5.53. The maximum atomic E-state index is 11.3. The second-order valence-electron chi connectivity index (χ2n) is 3.29. The van der Waals surface area contributed by atoms with Gasteiger partial charge in [0.15, 0.2) is 0 Å². The number of rotatable bonds is 7. The maximum Gasteiger partial charge on any atom is 0.328 e. The normalized spacial score (nSPS) is 14.4. The Morgan fingerprint density at radius 3 is 2.62 bits per heavy atom. The summed E-state index contributed by atoms with van der Waals surface area (Å²) in [6.45, 7) is 2.37. The molecular formula is C11H17O4P. The van der Waals surface area contributed by atoms with E-state index in [2.05, 4.69) is 0 Å². The molecule has 0 fully saturated rings. The molecule has 4 nitrogen and oxygen atoms in total. The molecule has 0 radical (unpaired) electrons. The van der Waals surface area contributed by atoms with Crippen molar-refractivity contribution in [3.8, 4) is 5.75 Å². The number of hydrogen-bond donors (Lipinski definition) is 1. The smallest absolute Gasteiger partial charge is 0.328 e. The lowest BCUT2D eigenvalue weighted by Gasteiger charge is -2.10. The molecule has 0 saturated carbocycles. The summed E-state index contributed by atoms with van der Waals surface area (Å²) >= 11 is 0. The van der Waals surface area contributed by atoms with Gasteiger partial charge in [-0.15, -0.1) is 0 Å². The largest absolute Gasteiger partial charge is 0.494 e. The fourth-order valence-electron chi connectivity index (χ4n) is 1.24. The third-order valence-corrected chi connectivity index (χ3v) is 3.47. The van der Waals surface area contributed by atoms with E-state index >= 15 is 0 Å². The first kappa shape index (κ1) is 13.2. The molecule has 5 heteroatoms. The number of para-hydroxylation sites is 1. The zero-order valence-corrected chi connectivity index (χ0v) is 10.2. The van der Waals surface area contributed by atoms with Gasteiger partial charge in [0.25, 0.3) is 0 Å². The third-order valence-electron chi connectivity index (χ3n) is 1.93. The monoisotopic (exact) mass is 244 g/mol. The van der Waals surface area contributed by atoms with Gasteiger partial charge in [-0.25, -0.2) is 0 Å². The van der Waals surface area contributed by atoms with Crippen molar-refractivity contribution >= 4 is 7.60 Å². The molecule has 1 N–H and O–H groups in total. The highest BCUT2D eigenvalue weighted by molar-refractivity contribution is 7.52. The molecular weight excluding hydrogens is 227 g/mol. The summed E-state index contributed by atoms with van der Waals surface area (Å²) in [7, 11) is -3.39. The van der Waals surface area contributed by atoms with Gasteiger partial charge in [0.05, 0.1) is 19.4 Å². The molecule has 0 aromatic heterocycles. The standard InChI is InChI=1S/C11H17O4P/c1-2-15-16(12,13)10-6-9-14-11-7-4-3-5-8-11/h3-5,7-8H,2,6,9-10H2,1H3,(H,12,13). The van der Waals surface area contributed by atoms with Crippen LogP contribution in [0, 0.1) is 0 Å². The first-order valence-electron chi connectivity index (χ1n) is 5.28. The summed E-state index contributed by atoms with van der Waals surface area (Å²) in [5.74, 6) is 0.770. The van der Waals surface area contributed by atoms with Crippen LogP contribution < -0.4 is 4.74 Å². The maximum absolute atomic E-state index is 11.3. The molecule has 0 aliphatic carbocycles. The van der Waals surface area contributed by atoms with Crippen molar-refractivity contribution in [3.63, 3.8) is 0 Å². The fraction of sp³-hybridized carbons (Fsp3) is 0.455. The minimum absolute atomic E-state index is 0.133. The highest BCUT2D eigenvalue weighted by Crippen LogP contribution is 2.41. The third kappa shape index (κ3) is 5.31. The fourth-order valence-corrected chi connectivity index (χ4v) is 2.30. The van der Waals surface area contributed by atoms with Crippen molar-refractivity contribution in [3.05, 3.63) is 30.3 Å². The van der Waals surface area contributed by atoms with E-state index in [4.69, 9.17) is 9.26 Å².